The number of allylic oxidation sites excluding steroid dienone is 1. The van der Waals surface area contributed by atoms with Gasteiger partial charge in [0.25, 0.3) is 5.89 Å². The summed E-state index contributed by atoms with van der Waals surface area (Å²) in [6, 6.07) is 19.7. The van der Waals surface area contributed by atoms with Crippen molar-refractivity contribution in [2.45, 2.75) is 33.4 Å². The largest absolute Gasteiger partial charge is 0.494 e. The first-order valence-electron chi connectivity index (χ1n) is 11.9. The molecule has 4 aromatic rings. The number of aryl methyl sites for hydroxylation is 2. The minimum absolute atomic E-state index is 0.132. The molecule has 1 aliphatic rings. The second-order valence-corrected chi connectivity index (χ2v) is 9.08. The highest BCUT2D eigenvalue weighted by molar-refractivity contribution is 5.87. The molecular weight excluding hydrogens is 471 g/mol. The molecule has 0 bridgehead atoms. The fourth-order valence-corrected chi connectivity index (χ4v) is 4.47. The van der Waals surface area contributed by atoms with Gasteiger partial charge in [-0.2, -0.15) is 4.98 Å². The summed E-state index contributed by atoms with van der Waals surface area (Å²) in [5.74, 6) is 0.104. The smallest absolute Gasteiger partial charge is 0.322 e. The summed E-state index contributed by atoms with van der Waals surface area (Å²) >= 11 is 0. The van der Waals surface area contributed by atoms with Crippen LogP contribution in [0.25, 0.3) is 17.0 Å². The first-order chi connectivity index (χ1) is 17.9. The van der Waals surface area contributed by atoms with E-state index in [1.54, 1.807) is 11.0 Å². The molecule has 1 unspecified atom stereocenters. The number of amides is 2. The lowest BCUT2D eigenvalue weighted by Gasteiger charge is -2.35. The minimum atomic E-state index is -0.520. The van der Waals surface area contributed by atoms with Crippen molar-refractivity contribution in [1.29, 1.82) is 0 Å². The van der Waals surface area contributed by atoms with Crippen LogP contribution in [0.5, 0.6) is 5.75 Å². The van der Waals surface area contributed by atoms with E-state index in [-0.39, 0.29) is 23.5 Å². The molecule has 3 aromatic carbocycles. The number of ether oxygens (including phenoxy) is 1. The van der Waals surface area contributed by atoms with Crippen LogP contribution in [0.2, 0.25) is 0 Å². The van der Waals surface area contributed by atoms with Gasteiger partial charge >= 0.3 is 6.03 Å². The number of aromatic nitrogens is 2. The molecule has 1 aliphatic heterocycles. The zero-order valence-corrected chi connectivity index (χ0v) is 21.1. The molecule has 1 aromatic heterocycles. The molecular formula is C29H27FN4O3. The third kappa shape index (κ3) is 4.70. The average Bonchev–Trinajstić information content (AvgIpc) is 3.37. The number of nitrogens with one attached hydrogen (secondary N) is 1. The quantitative estimate of drug-likeness (QED) is 0.342. The lowest BCUT2D eigenvalue weighted by atomic mass is 9.93. The summed E-state index contributed by atoms with van der Waals surface area (Å²) in [5.41, 5.74) is 5.96. The summed E-state index contributed by atoms with van der Waals surface area (Å²) in [5, 5.41) is 7.24. The second kappa shape index (κ2) is 9.89. The lowest BCUT2D eigenvalue weighted by Crippen LogP contribution is -2.45. The van der Waals surface area contributed by atoms with Crippen LogP contribution >= 0.6 is 0 Å². The topological polar surface area (TPSA) is 80.5 Å². The van der Waals surface area contributed by atoms with E-state index in [1.165, 1.54) is 19.2 Å². The lowest BCUT2D eigenvalue weighted by molar-refractivity contribution is 0.203. The Morgan fingerprint density at radius 3 is 2.51 bits per heavy atom. The second-order valence-electron chi connectivity index (χ2n) is 9.08. The van der Waals surface area contributed by atoms with Crippen LogP contribution < -0.4 is 10.1 Å². The Hall–Kier alpha value is -4.46. The Morgan fingerprint density at radius 1 is 1.05 bits per heavy atom. The number of hydrogen-bond acceptors (Lipinski definition) is 5. The molecule has 1 N–H and O–H groups in total. The summed E-state index contributed by atoms with van der Waals surface area (Å²) in [7, 11) is 1.41. The summed E-state index contributed by atoms with van der Waals surface area (Å²) in [6.45, 7) is 6.29. The monoisotopic (exact) mass is 498 g/mol. The van der Waals surface area contributed by atoms with Crippen LogP contribution in [-0.4, -0.2) is 28.2 Å². The zero-order valence-electron chi connectivity index (χ0n) is 21.1. The predicted molar refractivity (Wildman–Crippen MR) is 138 cm³/mol. The number of methoxy groups -OCH3 is 1. The standard InChI is InChI=1S/C29H27FN4O3/c1-17-9-11-20(12-10-17)26-25(19(3)34(29(35)31-26)16-22-8-6-5-7-18(22)2)28-32-27(33-37-28)21-13-14-24(36-4)23(30)15-21/h5-15,26H,16H2,1-4H3,(H,31,35). The van der Waals surface area contributed by atoms with Crippen molar-refractivity contribution >= 4 is 11.6 Å². The van der Waals surface area contributed by atoms with E-state index in [0.717, 1.165) is 22.3 Å². The normalized spacial score (nSPS) is 15.6. The van der Waals surface area contributed by atoms with Gasteiger partial charge in [0.15, 0.2) is 11.6 Å². The molecule has 2 heterocycles. The molecule has 1 atom stereocenters. The Bertz CT molecular complexity index is 1490. The maximum atomic E-state index is 14.3. The van der Waals surface area contributed by atoms with E-state index in [4.69, 9.17) is 9.26 Å². The molecule has 5 rings (SSSR count). The number of nitrogens with zero attached hydrogens (tertiary/aromatic N) is 3. The third-order valence-electron chi connectivity index (χ3n) is 6.66. The molecule has 37 heavy (non-hydrogen) atoms. The number of rotatable bonds is 6. The van der Waals surface area contributed by atoms with Crippen LogP contribution in [0.4, 0.5) is 9.18 Å². The van der Waals surface area contributed by atoms with Gasteiger partial charge in [-0.15, -0.1) is 0 Å². The number of hydrogen-bond donors (Lipinski definition) is 1. The van der Waals surface area contributed by atoms with Crippen molar-refractivity contribution in [3.05, 3.63) is 106 Å². The van der Waals surface area contributed by atoms with Gasteiger partial charge in [-0.25, -0.2) is 9.18 Å². The van der Waals surface area contributed by atoms with Gasteiger partial charge in [-0.05, 0) is 55.7 Å². The van der Waals surface area contributed by atoms with E-state index in [2.05, 4.69) is 15.5 Å². The molecule has 8 heteroatoms. The number of benzene rings is 3. The Balaban J connectivity index is 1.59. The molecule has 0 saturated carbocycles. The Labute approximate surface area is 214 Å². The summed E-state index contributed by atoms with van der Waals surface area (Å²) in [6.07, 6.45) is 0. The van der Waals surface area contributed by atoms with Gasteiger partial charge in [0.05, 0.1) is 25.3 Å². The van der Waals surface area contributed by atoms with E-state index >= 15 is 0 Å². The van der Waals surface area contributed by atoms with E-state index < -0.39 is 11.9 Å². The number of urea groups is 1. The highest BCUT2D eigenvalue weighted by Gasteiger charge is 2.36. The zero-order chi connectivity index (χ0) is 26.1. The number of halogens is 1. The molecule has 0 fully saturated rings. The predicted octanol–water partition coefficient (Wildman–Crippen LogP) is 6.20. The van der Waals surface area contributed by atoms with Crippen LogP contribution in [0, 0.1) is 19.7 Å². The summed E-state index contributed by atoms with van der Waals surface area (Å²) < 4.78 is 25.1. The molecule has 2 amide bonds. The van der Waals surface area contributed by atoms with Crippen molar-refractivity contribution in [1.82, 2.24) is 20.4 Å². The van der Waals surface area contributed by atoms with Crippen molar-refractivity contribution in [2.75, 3.05) is 7.11 Å². The first kappa shape index (κ1) is 24.2. The maximum absolute atomic E-state index is 14.3. The van der Waals surface area contributed by atoms with E-state index in [1.807, 2.05) is 69.3 Å². The fraction of sp³-hybridized carbons (Fsp3) is 0.207. The Morgan fingerprint density at radius 2 is 1.81 bits per heavy atom. The molecule has 0 saturated heterocycles. The number of carbonyl (C=O) groups excluding carboxylic acids is 1. The van der Waals surface area contributed by atoms with Gasteiger partial charge in [0, 0.05) is 11.3 Å². The third-order valence-corrected chi connectivity index (χ3v) is 6.66. The molecule has 0 radical (unpaired) electrons. The average molecular weight is 499 g/mol. The minimum Gasteiger partial charge on any atom is -0.494 e. The fourth-order valence-electron chi connectivity index (χ4n) is 4.47. The van der Waals surface area contributed by atoms with Crippen molar-refractivity contribution in [3.63, 3.8) is 0 Å². The van der Waals surface area contributed by atoms with Crippen molar-refractivity contribution in [2.24, 2.45) is 0 Å². The maximum Gasteiger partial charge on any atom is 0.322 e. The Kier molecular flexibility index (Phi) is 6.48. The van der Waals surface area contributed by atoms with E-state index in [9.17, 15) is 9.18 Å². The van der Waals surface area contributed by atoms with Gasteiger partial charge in [-0.1, -0.05) is 59.3 Å². The van der Waals surface area contributed by atoms with Gasteiger partial charge < -0.3 is 14.6 Å². The van der Waals surface area contributed by atoms with Crippen LogP contribution in [0.15, 0.2) is 77.0 Å². The molecule has 0 aliphatic carbocycles. The van der Waals surface area contributed by atoms with Crippen LogP contribution in [0.1, 0.15) is 41.1 Å². The molecule has 188 valence electrons. The van der Waals surface area contributed by atoms with Crippen molar-refractivity contribution in [3.8, 4) is 17.1 Å². The first-order valence-corrected chi connectivity index (χ1v) is 11.9. The SMILES string of the molecule is COc1ccc(-c2noc(C3=C(C)N(Cc4ccccc4C)C(=O)NC3c3ccc(C)cc3)n2)cc1F. The van der Waals surface area contributed by atoms with Crippen LogP contribution in [0.3, 0.4) is 0 Å². The van der Waals surface area contributed by atoms with Gasteiger partial charge in [0.2, 0.25) is 5.82 Å². The highest BCUT2D eigenvalue weighted by atomic mass is 19.1. The molecule has 0 spiro atoms. The van der Waals surface area contributed by atoms with Crippen LogP contribution in [-0.2, 0) is 6.54 Å². The van der Waals surface area contributed by atoms with Crippen molar-refractivity contribution < 1.29 is 18.4 Å². The van der Waals surface area contributed by atoms with E-state index in [0.29, 0.717) is 23.4 Å². The van der Waals surface area contributed by atoms with Gasteiger partial charge in [0.1, 0.15) is 0 Å². The molecule has 7 nitrogen and oxygen atoms in total. The summed E-state index contributed by atoms with van der Waals surface area (Å²) in [4.78, 5) is 19.6. The highest BCUT2D eigenvalue weighted by Crippen LogP contribution is 2.38. The number of carbonyl (C=O) groups is 1. The van der Waals surface area contributed by atoms with Gasteiger partial charge in [-0.3, -0.25) is 4.90 Å².